The van der Waals surface area contributed by atoms with E-state index >= 15 is 0 Å². The van der Waals surface area contributed by atoms with Crippen LogP contribution in [0.4, 0.5) is 4.79 Å². The third-order valence-corrected chi connectivity index (χ3v) is 4.34. The van der Waals surface area contributed by atoms with Crippen LogP contribution < -0.4 is 5.32 Å². The van der Waals surface area contributed by atoms with Crippen LogP contribution >= 0.6 is 0 Å². The number of alkyl carbamates (subject to hydrolysis) is 1. The molecule has 0 spiro atoms. The molecule has 1 atom stereocenters. The van der Waals surface area contributed by atoms with Crippen molar-refractivity contribution in [1.82, 2.24) is 5.32 Å². The summed E-state index contributed by atoms with van der Waals surface area (Å²) in [7, 11) is -3.55. The van der Waals surface area contributed by atoms with Crippen molar-refractivity contribution in [2.75, 3.05) is 6.54 Å². The van der Waals surface area contributed by atoms with E-state index in [1.165, 1.54) is 18.2 Å². The van der Waals surface area contributed by atoms with Crippen molar-refractivity contribution in [3.8, 4) is 0 Å². The smallest absolute Gasteiger partial charge is 0.407 e. The minimum absolute atomic E-state index is 0.181. The van der Waals surface area contributed by atoms with E-state index in [4.69, 9.17) is 4.74 Å². The highest BCUT2D eigenvalue weighted by atomic mass is 32.2. The maximum atomic E-state index is 12.0. The largest absolute Gasteiger partial charge is 0.444 e. The van der Waals surface area contributed by atoms with Crippen molar-refractivity contribution >= 4 is 15.9 Å². The number of sulfone groups is 1. The summed E-state index contributed by atoms with van der Waals surface area (Å²) in [6, 6.07) is 8.00. The lowest BCUT2D eigenvalue weighted by Gasteiger charge is -2.19. The lowest BCUT2D eigenvalue weighted by molar-refractivity contribution is 0.0525. The first-order valence-electron chi connectivity index (χ1n) is 7.73. The summed E-state index contributed by atoms with van der Waals surface area (Å²) in [5.41, 5.74) is -0.557. The number of nitrogens with one attached hydrogen (secondary N) is 1. The van der Waals surface area contributed by atoms with Crippen LogP contribution in [0.15, 0.2) is 46.7 Å². The Balaban J connectivity index is 2.36. The molecule has 2 N–H and O–H groups in total. The Hall–Kier alpha value is -1.86. The monoisotopic (exact) mass is 355 g/mol. The molecule has 0 radical (unpaired) electrons. The minimum Gasteiger partial charge on any atom is -0.444 e. The molecular weight excluding hydrogens is 330 g/mol. The molecular formula is C17H25NO5S. The van der Waals surface area contributed by atoms with E-state index in [1.807, 2.05) is 0 Å². The Kier molecular flexibility index (Phi) is 7.44. The number of carbonyl (C=O) groups is 1. The normalized spacial score (nSPS) is 13.7. The summed E-state index contributed by atoms with van der Waals surface area (Å²) in [5.74, 6) is 0. The van der Waals surface area contributed by atoms with Crippen LogP contribution in [0, 0.1) is 0 Å². The first-order valence-corrected chi connectivity index (χ1v) is 9.28. The van der Waals surface area contributed by atoms with Gasteiger partial charge in [0, 0.05) is 12.0 Å². The van der Waals surface area contributed by atoms with Gasteiger partial charge in [0.05, 0.1) is 11.0 Å². The predicted molar refractivity (Wildman–Crippen MR) is 92.2 cm³/mol. The third kappa shape index (κ3) is 8.12. The van der Waals surface area contributed by atoms with Crippen LogP contribution in [0.5, 0.6) is 0 Å². The van der Waals surface area contributed by atoms with E-state index in [-0.39, 0.29) is 4.90 Å². The van der Waals surface area contributed by atoms with E-state index in [0.717, 1.165) is 5.41 Å². The fourth-order valence-corrected chi connectivity index (χ4v) is 2.88. The molecule has 1 amide bonds. The number of rotatable bonds is 7. The van der Waals surface area contributed by atoms with Gasteiger partial charge in [0.2, 0.25) is 0 Å². The molecule has 0 unspecified atom stereocenters. The predicted octanol–water partition coefficient (Wildman–Crippen LogP) is 2.64. The maximum Gasteiger partial charge on any atom is 0.407 e. The number of carbonyl (C=O) groups excluding carboxylic acids is 1. The summed E-state index contributed by atoms with van der Waals surface area (Å²) in [4.78, 5) is 11.6. The van der Waals surface area contributed by atoms with Crippen LogP contribution in [0.1, 0.15) is 33.6 Å². The van der Waals surface area contributed by atoms with Crippen LogP contribution in [0.25, 0.3) is 0 Å². The molecule has 0 aliphatic heterocycles. The molecule has 24 heavy (non-hydrogen) atoms. The highest BCUT2D eigenvalue weighted by Crippen LogP contribution is 2.12. The third-order valence-electron chi connectivity index (χ3n) is 2.90. The van der Waals surface area contributed by atoms with Gasteiger partial charge in [-0.15, -0.1) is 0 Å². The summed E-state index contributed by atoms with van der Waals surface area (Å²) < 4.78 is 29.1. The van der Waals surface area contributed by atoms with Gasteiger partial charge in [0.25, 0.3) is 0 Å². The molecule has 6 nitrogen and oxygen atoms in total. The summed E-state index contributed by atoms with van der Waals surface area (Å²) in [5, 5.41) is 13.4. The zero-order valence-electron chi connectivity index (χ0n) is 14.2. The van der Waals surface area contributed by atoms with Crippen LogP contribution in [-0.2, 0) is 14.6 Å². The molecule has 134 valence electrons. The van der Waals surface area contributed by atoms with Gasteiger partial charge in [-0.1, -0.05) is 18.2 Å². The molecule has 0 aliphatic carbocycles. The van der Waals surface area contributed by atoms with Gasteiger partial charge >= 0.3 is 6.09 Å². The topological polar surface area (TPSA) is 92.7 Å². The second kappa shape index (κ2) is 8.84. The molecule has 0 saturated heterocycles. The van der Waals surface area contributed by atoms with E-state index in [1.54, 1.807) is 39.0 Å². The first kappa shape index (κ1) is 20.2. The molecule has 1 rings (SSSR count). The van der Waals surface area contributed by atoms with Gasteiger partial charge in [-0.2, -0.15) is 0 Å². The highest BCUT2D eigenvalue weighted by molar-refractivity contribution is 7.94. The second-order valence-corrected chi connectivity index (χ2v) is 8.16. The van der Waals surface area contributed by atoms with Crippen LogP contribution in [0.3, 0.4) is 0 Å². The molecule has 0 aromatic heterocycles. The van der Waals surface area contributed by atoms with Crippen molar-refractivity contribution in [2.24, 2.45) is 0 Å². The minimum atomic E-state index is -3.55. The summed E-state index contributed by atoms with van der Waals surface area (Å²) in [6.07, 6.45) is 0.658. The van der Waals surface area contributed by atoms with Crippen molar-refractivity contribution in [3.63, 3.8) is 0 Å². The van der Waals surface area contributed by atoms with Gasteiger partial charge in [0.15, 0.2) is 9.84 Å². The first-order chi connectivity index (χ1) is 11.1. The second-order valence-electron chi connectivity index (χ2n) is 6.32. The molecule has 1 aromatic rings. The van der Waals surface area contributed by atoms with Gasteiger partial charge in [-0.25, -0.2) is 13.2 Å². The van der Waals surface area contributed by atoms with Crippen molar-refractivity contribution in [1.29, 1.82) is 0 Å². The average Bonchev–Trinajstić information content (AvgIpc) is 2.49. The lowest BCUT2D eigenvalue weighted by atomic mass is 10.2. The molecule has 7 heteroatoms. The summed E-state index contributed by atoms with van der Waals surface area (Å²) in [6.45, 7) is 5.65. The number of hydrogen-bond acceptors (Lipinski definition) is 5. The van der Waals surface area contributed by atoms with Gasteiger partial charge < -0.3 is 15.2 Å². The maximum absolute atomic E-state index is 12.0. The zero-order chi connectivity index (χ0) is 18.2. The number of aliphatic hydroxyl groups is 1. The summed E-state index contributed by atoms with van der Waals surface area (Å²) >= 11 is 0. The van der Waals surface area contributed by atoms with Crippen LogP contribution in [-0.4, -0.2) is 37.9 Å². The molecule has 0 fully saturated rings. The average molecular weight is 355 g/mol. The Bertz CT molecular complexity index is 647. The Labute approximate surface area is 143 Å². The van der Waals surface area contributed by atoms with Gasteiger partial charge in [-0.3, -0.25) is 0 Å². The Morgan fingerprint density at radius 2 is 1.92 bits per heavy atom. The number of benzene rings is 1. The molecule has 0 bridgehead atoms. The van der Waals surface area contributed by atoms with Gasteiger partial charge in [-0.05, 0) is 51.8 Å². The highest BCUT2D eigenvalue weighted by Gasteiger charge is 2.15. The van der Waals surface area contributed by atoms with Crippen molar-refractivity contribution in [2.45, 2.75) is 50.2 Å². The zero-order valence-corrected chi connectivity index (χ0v) is 15.0. The Morgan fingerprint density at radius 3 is 2.50 bits per heavy atom. The fraction of sp³-hybridized carbons (Fsp3) is 0.471. The van der Waals surface area contributed by atoms with Gasteiger partial charge in [0.1, 0.15) is 5.60 Å². The van der Waals surface area contributed by atoms with E-state index in [9.17, 15) is 18.3 Å². The van der Waals surface area contributed by atoms with Crippen molar-refractivity contribution in [3.05, 3.63) is 41.8 Å². The number of amides is 1. The quantitative estimate of drug-likeness (QED) is 0.734. The standard InChI is InChI=1S/C17H25NO5S/c1-17(2,3)23-16(20)18-12-7-8-14(19)11-13-24(21,22)15-9-5-4-6-10-15/h4-6,9-11,13-14,19H,7-8,12H2,1-3H3,(H,18,20)/b13-11+/t14-/m1/s1. The number of hydrogen-bond donors (Lipinski definition) is 2. The number of ether oxygens (including phenoxy) is 1. The van der Waals surface area contributed by atoms with E-state index < -0.39 is 27.6 Å². The fourth-order valence-electron chi connectivity index (χ4n) is 1.79. The van der Waals surface area contributed by atoms with E-state index in [0.29, 0.717) is 19.4 Å². The lowest BCUT2D eigenvalue weighted by Crippen LogP contribution is -2.33. The number of aliphatic hydroxyl groups excluding tert-OH is 1. The SMILES string of the molecule is CC(C)(C)OC(=O)NCCC[C@@H](O)/C=C/S(=O)(=O)c1ccccc1. The van der Waals surface area contributed by atoms with E-state index in [2.05, 4.69) is 5.32 Å². The molecule has 1 aromatic carbocycles. The Morgan fingerprint density at radius 1 is 1.29 bits per heavy atom. The van der Waals surface area contributed by atoms with Crippen molar-refractivity contribution < 1.29 is 23.1 Å². The molecule has 0 aliphatic rings. The molecule has 0 heterocycles. The molecule has 0 saturated carbocycles. The van der Waals surface area contributed by atoms with Crippen LogP contribution in [0.2, 0.25) is 0 Å².